The number of rotatable bonds is 1. The van der Waals surface area contributed by atoms with Gasteiger partial charge in [0.15, 0.2) is 0 Å². The highest BCUT2D eigenvalue weighted by molar-refractivity contribution is 5.85. The van der Waals surface area contributed by atoms with Crippen LogP contribution in [0.3, 0.4) is 0 Å². The van der Waals surface area contributed by atoms with E-state index in [-0.39, 0.29) is 11.9 Å². The van der Waals surface area contributed by atoms with Gasteiger partial charge in [-0.15, -0.1) is 0 Å². The zero-order chi connectivity index (χ0) is 14.4. The van der Waals surface area contributed by atoms with E-state index in [0.29, 0.717) is 0 Å². The minimum atomic E-state index is -0.187. The number of aromatic nitrogens is 2. The molecule has 0 amide bonds. The van der Waals surface area contributed by atoms with Crippen LogP contribution >= 0.6 is 0 Å². The summed E-state index contributed by atoms with van der Waals surface area (Å²) < 4.78 is 13.5. The largest absolute Gasteiger partial charge is 0.357 e. The number of halogens is 1. The number of aromatic amines is 1. The van der Waals surface area contributed by atoms with Crippen molar-refractivity contribution in [2.24, 2.45) is 0 Å². The van der Waals surface area contributed by atoms with Crippen LogP contribution in [0.15, 0.2) is 36.5 Å². The van der Waals surface area contributed by atoms with Gasteiger partial charge in [0.1, 0.15) is 5.82 Å². The van der Waals surface area contributed by atoms with E-state index in [1.807, 2.05) is 25.3 Å². The summed E-state index contributed by atoms with van der Waals surface area (Å²) in [5.41, 5.74) is 5.44. The number of aryl methyl sites for hydroxylation is 1. The molecule has 3 heterocycles. The molecule has 3 nitrogen and oxygen atoms in total. The van der Waals surface area contributed by atoms with Gasteiger partial charge in [0.2, 0.25) is 0 Å². The summed E-state index contributed by atoms with van der Waals surface area (Å²) in [6, 6.07) is 9.09. The maximum atomic E-state index is 13.5. The molecule has 2 N–H and O–H groups in total. The fourth-order valence-electron chi connectivity index (χ4n) is 3.10. The summed E-state index contributed by atoms with van der Waals surface area (Å²) in [6.07, 6.45) is 2.79. The molecule has 106 valence electrons. The SMILES string of the molecule is Cc1ccc(C2NCCc3c2[nH]c2ccc(F)cc32)nc1. The van der Waals surface area contributed by atoms with E-state index in [1.54, 1.807) is 6.07 Å². The van der Waals surface area contributed by atoms with E-state index in [0.717, 1.165) is 40.8 Å². The fraction of sp³-hybridized carbons (Fsp3) is 0.235. The Bertz CT molecular complexity index is 805. The molecular formula is C17H16FN3. The average molecular weight is 281 g/mol. The molecule has 0 saturated heterocycles. The van der Waals surface area contributed by atoms with Crippen LogP contribution in [0.5, 0.6) is 0 Å². The van der Waals surface area contributed by atoms with Crippen LogP contribution in [0.25, 0.3) is 10.9 Å². The Hall–Kier alpha value is -2.20. The smallest absolute Gasteiger partial charge is 0.123 e. The van der Waals surface area contributed by atoms with Gasteiger partial charge in [-0.05, 0) is 48.7 Å². The molecule has 0 saturated carbocycles. The van der Waals surface area contributed by atoms with E-state index < -0.39 is 0 Å². The van der Waals surface area contributed by atoms with Gasteiger partial charge >= 0.3 is 0 Å². The van der Waals surface area contributed by atoms with Crippen molar-refractivity contribution in [1.29, 1.82) is 0 Å². The van der Waals surface area contributed by atoms with Crippen LogP contribution in [-0.4, -0.2) is 16.5 Å². The summed E-state index contributed by atoms with van der Waals surface area (Å²) in [5, 5.41) is 4.49. The molecule has 0 aliphatic carbocycles. The van der Waals surface area contributed by atoms with Crippen molar-refractivity contribution in [3.8, 4) is 0 Å². The normalized spacial score (nSPS) is 17.9. The second-order valence-electron chi connectivity index (χ2n) is 5.60. The maximum Gasteiger partial charge on any atom is 0.123 e. The number of H-pyrrole nitrogens is 1. The molecule has 1 aliphatic heterocycles. The molecule has 3 aromatic rings. The van der Waals surface area contributed by atoms with Gasteiger partial charge in [-0.25, -0.2) is 4.39 Å². The molecule has 0 spiro atoms. The van der Waals surface area contributed by atoms with Gasteiger partial charge in [0, 0.05) is 29.3 Å². The topological polar surface area (TPSA) is 40.7 Å². The van der Waals surface area contributed by atoms with Crippen LogP contribution in [0.1, 0.15) is 28.6 Å². The Morgan fingerprint density at radius 1 is 1.24 bits per heavy atom. The monoisotopic (exact) mass is 281 g/mol. The lowest BCUT2D eigenvalue weighted by molar-refractivity contribution is 0.549. The molecule has 4 heteroatoms. The minimum Gasteiger partial charge on any atom is -0.357 e. The fourth-order valence-corrected chi connectivity index (χ4v) is 3.10. The number of nitrogens with one attached hydrogen (secondary N) is 2. The zero-order valence-corrected chi connectivity index (χ0v) is 11.8. The van der Waals surface area contributed by atoms with E-state index in [1.165, 1.54) is 11.6 Å². The molecule has 21 heavy (non-hydrogen) atoms. The Kier molecular flexibility index (Phi) is 2.79. The zero-order valence-electron chi connectivity index (χ0n) is 11.8. The third kappa shape index (κ3) is 2.03. The molecule has 1 aromatic carbocycles. The molecule has 4 rings (SSSR count). The number of fused-ring (bicyclic) bond motifs is 3. The van der Waals surface area contributed by atoms with Crippen molar-refractivity contribution in [1.82, 2.24) is 15.3 Å². The number of hydrogen-bond acceptors (Lipinski definition) is 2. The second-order valence-corrected chi connectivity index (χ2v) is 5.60. The number of hydrogen-bond donors (Lipinski definition) is 2. The number of pyridine rings is 1. The van der Waals surface area contributed by atoms with Crippen molar-refractivity contribution in [2.75, 3.05) is 6.54 Å². The molecule has 1 atom stereocenters. The lowest BCUT2D eigenvalue weighted by Gasteiger charge is -2.24. The van der Waals surface area contributed by atoms with Crippen molar-refractivity contribution in [3.05, 3.63) is 64.9 Å². The number of benzene rings is 1. The molecule has 0 radical (unpaired) electrons. The predicted molar refractivity (Wildman–Crippen MR) is 80.8 cm³/mol. The van der Waals surface area contributed by atoms with Crippen LogP contribution in [-0.2, 0) is 6.42 Å². The molecule has 1 unspecified atom stereocenters. The summed E-state index contributed by atoms with van der Waals surface area (Å²) in [6.45, 7) is 2.90. The third-order valence-corrected chi connectivity index (χ3v) is 4.14. The highest BCUT2D eigenvalue weighted by Crippen LogP contribution is 2.33. The Balaban J connectivity index is 1.88. The first-order valence-corrected chi connectivity index (χ1v) is 7.18. The Labute approximate surface area is 122 Å². The lowest BCUT2D eigenvalue weighted by Crippen LogP contribution is -2.31. The van der Waals surface area contributed by atoms with Gasteiger partial charge in [-0.2, -0.15) is 0 Å². The molecular weight excluding hydrogens is 265 g/mol. The van der Waals surface area contributed by atoms with Crippen molar-refractivity contribution < 1.29 is 4.39 Å². The summed E-state index contributed by atoms with van der Waals surface area (Å²) in [5.74, 6) is -0.187. The minimum absolute atomic E-state index is 0.0461. The van der Waals surface area contributed by atoms with Gasteiger partial charge < -0.3 is 10.3 Å². The first-order chi connectivity index (χ1) is 10.2. The molecule has 0 fully saturated rings. The van der Waals surface area contributed by atoms with Gasteiger partial charge in [0.05, 0.1) is 11.7 Å². The first-order valence-electron chi connectivity index (χ1n) is 7.18. The van der Waals surface area contributed by atoms with Gasteiger partial charge in [-0.1, -0.05) is 6.07 Å². The van der Waals surface area contributed by atoms with E-state index in [2.05, 4.69) is 21.4 Å². The van der Waals surface area contributed by atoms with E-state index in [9.17, 15) is 4.39 Å². The van der Waals surface area contributed by atoms with Crippen LogP contribution in [0.4, 0.5) is 4.39 Å². The first kappa shape index (κ1) is 12.5. The number of nitrogens with zero attached hydrogens (tertiary/aromatic N) is 1. The van der Waals surface area contributed by atoms with Gasteiger partial charge in [0.25, 0.3) is 0 Å². The van der Waals surface area contributed by atoms with Gasteiger partial charge in [-0.3, -0.25) is 4.98 Å². The highest BCUT2D eigenvalue weighted by Gasteiger charge is 2.26. The third-order valence-electron chi connectivity index (χ3n) is 4.14. The second kappa shape index (κ2) is 4.67. The molecule has 1 aliphatic rings. The summed E-state index contributed by atoms with van der Waals surface area (Å²) in [7, 11) is 0. The van der Waals surface area contributed by atoms with Crippen LogP contribution < -0.4 is 5.32 Å². The van der Waals surface area contributed by atoms with Crippen molar-refractivity contribution >= 4 is 10.9 Å². The molecule has 0 bridgehead atoms. The average Bonchev–Trinajstić information content (AvgIpc) is 2.86. The van der Waals surface area contributed by atoms with Crippen LogP contribution in [0.2, 0.25) is 0 Å². The summed E-state index contributed by atoms with van der Waals surface area (Å²) in [4.78, 5) is 7.97. The van der Waals surface area contributed by atoms with E-state index >= 15 is 0 Å². The van der Waals surface area contributed by atoms with Crippen molar-refractivity contribution in [3.63, 3.8) is 0 Å². The summed E-state index contributed by atoms with van der Waals surface area (Å²) >= 11 is 0. The Morgan fingerprint density at radius 2 is 2.14 bits per heavy atom. The molecule has 2 aromatic heterocycles. The lowest BCUT2D eigenvalue weighted by atomic mass is 9.97. The highest BCUT2D eigenvalue weighted by atomic mass is 19.1. The maximum absolute atomic E-state index is 13.5. The van der Waals surface area contributed by atoms with Crippen LogP contribution in [0, 0.1) is 12.7 Å². The predicted octanol–water partition coefficient (Wildman–Crippen LogP) is 3.25. The standard InChI is InChI=1S/C17H16FN3/c1-10-2-4-15(20-9-10)17-16-12(6-7-19-17)13-8-11(18)3-5-14(13)21-16/h2-5,8-9,17,19,21H,6-7H2,1H3. The Morgan fingerprint density at radius 3 is 2.95 bits per heavy atom. The van der Waals surface area contributed by atoms with Crippen molar-refractivity contribution in [2.45, 2.75) is 19.4 Å². The quantitative estimate of drug-likeness (QED) is 0.719. The van der Waals surface area contributed by atoms with E-state index in [4.69, 9.17) is 0 Å².